The maximum Gasteiger partial charge on any atom is 0.302 e. The number of hydrogen-bond donors (Lipinski definition) is 2. The molecule has 4 fully saturated rings. The quantitative estimate of drug-likeness (QED) is 0.309. The molecule has 0 amide bonds. The molecule has 3 saturated heterocycles. The van der Waals surface area contributed by atoms with Gasteiger partial charge in [-0.25, -0.2) is 26.6 Å². The first-order chi connectivity index (χ1) is 24.5. The highest BCUT2D eigenvalue weighted by molar-refractivity contribution is 7.90. The Morgan fingerprint density at radius 2 is 2.04 bits per heavy atom. The molecule has 268 valence electrons. The molecule has 3 N–H and O–H groups in total. The van der Waals surface area contributed by atoms with Gasteiger partial charge in [-0.05, 0) is 50.3 Å². The topological polar surface area (TPSA) is 137 Å². The monoisotopic (exact) mass is 759 g/mol. The number of rotatable bonds is 7. The molecule has 2 aromatic carbocycles. The molecule has 0 bridgehead atoms. The number of nitrogens with one attached hydrogen (secondary N) is 1. The Morgan fingerprint density at radius 1 is 1.22 bits per heavy atom. The summed E-state index contributed by atoms with van der Waals surface area (Å²) in [5, 5.41) is 12.9. The Balaban J connectivity index is 1.18. The van der Waals surface area contributed by atoms with Crippen molar-refractivity contribution in [1.29, 1.82) is 5.26 Å². The third-order valence-corrected chi connectivity index (χ3v) is 14.8. The predicted octanol–water partition coefficient (Wildman–Crippen LogP) is 5.74. The van der Waals surface area contributed by atoms with Gasteiger partial charge < -0.3 is 25.4 Å². The number of fused-ring (bicyclic) bond motifs is 2. The molecule has 1 unspecified atom stereocenters. The second kappa shape index (κ2) is 11.9. The number of hydrogen-bond acceptors (Lipinski definition) is 11. The molecule has 3 atom stereocenters. The molecule has 5 aliphatic heterocycles. The first kappa shape index (κ1) is 33.1. The Hall–Kier alpha value is -3.75. The van der Waals surface area contributed by atoms with Gasteiger partial charge in [0.2, 0.25) is 10.0 Å². The first-order valence-electron chi connectivity index (χ1n) is 16.9. The van der Waals surface area contributed by atoms with E-state index >= 15 is 8.78 Å². The fourth-order valence-corrected chi connectivity index (χ4v) is 11.6. The van der Waals surface area contributed by atoms with Crippen molar-refractivity contribution in [3.05, 3.63) is 52.1 Å². The van der Waals surface area contributed by atoms with Gasteiger partial charge >= 0.3 is 5.95 Å². The SMILES string of the molecule is N#Cc1c(N)sc2c(F)ccc(-c3c(F)c4c5c(c3Cl)NCN=C5N(C3CCN(S(=O)(=O)C5CC5)C3)C=C(OC[C@@]35CCCN3C[C@H](F)C5)O4)c12. The number of benzene rings is 2. The van der Waals surface area contributed by atoms with Gasteiger partial charge in [0.05, 0.1) is 49.6 Å². The number of anilines is 2. The minimum atomic E-state index is -3.46. The summed E-state index contributed by atoms with van der Waals surface area (Å²) < 4.78 is 87.8. The van der Waals surface area contributed by atoms with Crippen LogP contribution in [0.4, 0.5) is 23.9 Å². The van der Waals surface area contributed by atoms with Crippen LogP contribution in [0.1, 0.15) is 49.7 Å². The van der Waals surface area contributed by atoms with Crippen LogP contribution in [-0.2, 0) is 14.8 Å². The van der Waals surface area contributed by atoms with Gasteiger partial charge in [0.1, 0.15) is 42.2 Å². The van der Waals surface area contributed by atoms with E-state index in [-0.39, 0.29) is 79.1 Å². The Bertz CT molecular complexity index is 2220. The average Bonchev–Trinajstić information content (AvgIpc) is 3.49. The molecule has 11 nitrogen and oxygen atoms in total. The third kappa shape index (κ3) is 5.10. The van der Waals surface area contributed by atoms with E-state index in [0.717, 1.165) is 30.7 Å². The number of amidine groups is 1. The molecule has 51 heavy (non-hydrogen) atoms. The van der Waals surface area contributed by atoms with E-state index in [0.29, 0.717) is 50.3 Å². The lowest BCUT2D eigenvalue weighted by Crippen LogP contribution is -2.43. The van der Waals surface area contributed by atoms with E-state index in [2.05, 4.69) is 10.2 Å². The standard InChI is InChI=1S/C34H33ClF3N7O4S2/c35-27-25(20-4-5-22(37)31-24(20)21(11-39)32(40)50-31)28(38)30-26-29(27)41-16-42-33(26)45(18-6-9-44(13-18)51(46,47)19-2-3-19)14-23(49-30)48-15-34-7-1-8-43(34)12-17(36)10-34/h4-5,14,17-19,41H,1-3,6-10,12-13,15-16,40H2/t17-,18?,34+/m1/s1. The number of nitrogens with zero attached hydrogens (tertiary/aromatic N) is 5. The van der Waals surface area contributed by atoms with Crippen molar-refractivity contribution in [2.45, 2.75) is 61.5 Å². The maximum absolute atomic E-state index is 17.3. The molecule has 1 aromatic heterocycles. The van der Waals surface area contributed by atoms with Crippen LogP contribution in [0.25, 0.3) is 21.2 Å². The number of nitriles is 1. The summed E-state index contributed by atoms with van der Waals surface area (Å²) in [5.41, 5.74) is 6.08. The summed E-state index contributed by atoms with van der Waals surface area (Å²) in [5.74, 6) is -1.54. The Kier molecular flexibility index (Phi) is 7.72. The average molecular weight is 760 g/mol. The van der Waals surface area contributed by atoms with Gasteiger partial charge in [-0.2, -0.15) is 9.57 Å². The summed E-state index contributed by atoms with van der Waals surface area (Å²) in [6, 6.07) is 4.15. The lowest BCUT2D eigenvalue weighted by atomic mass is 9.94. The maximum atomic E-state index is 17.3. The lowest BCUT2D eigenvalue weighted by molar-refractivity contribution is 0.0257. The summed E-state index contributed by atoms with van der Waals surface area (Å²) in [6.45, 7) is 1.70. The molecule has 0 radical (unpaired) electrons. The number of nitrogen functional groups attached to an aromatic ring is 1. The molecular weight excluding hydrogens is 727 g/mol. The van der Waals surface area contributed by atoms with Crippen LogP contribution >= 0.6 is 22.9 Å². The second-order valence-corrected chi connectivity index (χ2v) is 17.7. The molecule has 6 aliphatic rings. The van der Waals surface area contributed by atoms with E-state index in [1.165, 1.54) is 16.4 Å². The van der Waals surface area contributed by atoms with E-state index < -0.39 is 39.4 Å². The van der Waals surface area contributed by atoms with Gasteiger partial charge in [-0.1, -0.05) is 17.7 Å². The molecule has 6 heterocycles. The Labute approximate surface area is 301 Å². The zero-order valence-electron chi connectivity index (χ0n) is 27.2. The zero-order chi connectivity index (χ0) is 35.4. The molecular formula is C34H33ClF3N7O4S2. The third-order valence-electron chi connectivity index (χ3n) is 11.0. The van der Waals surface area contributed by atoms with Crippen molar-refractivity contribution >= 4 is 59.6 Å². The fraction of sp³-hybridized carbons (Fsp3) is 0.471. The minimum Gasteiger partial charge on any atom is -0.462 e. The van der Waals surface area contributed by atoms with Gasteiger partial charge in [0.15, 0.2) is 11.6 Å². The summed E-state index contributed by atoms with van der Waals surface area (Å²) >= 11 is 7.94. The van der Waals surface area contributed by atoms with E-state index in [4.69, 9.17) is 31.8 Å². The highest BCUT2D eigenvalue weighted by atomic mass is 35.5. The number of thiophene rings is 1. The smallest absolute Gasteiger partial charge is 0.302 e. The summed E-state index contributed by atoms with van der Waals surface area (Å²) in [6.07, 6.45) is 4.27. The normalized spacial score (nSPS) is 26.2. The second-order valence-electron chi connectivity index (χ2n) is 14.0. The largest absolute Gasteiger partial charge is 0.462 e. The van der Waals surface area contributed by atoms with Crippen LogP contribution in [0.3, 0.4) is 0 Å². The van der Waals surface area contributed by atoms with E-state index in [1.54, 1.807) is 11.1 Å². The molecule has 17 heteroatoms. The van der Waals surface area contributed by atoms with Crippen molar-refractivity contribution in [3.63, 3.8) is 0 Å². The van der Waals surface area contributed by atoms with Crippen LogP contribution in [0.15, 0.2) is 29.3 Å². The number of sulfonamides is 1. The summed E-state index contributed by atoms with van der Waals surface area (Å²) in [4.78, 5) is 8.60. The molecule has 9 rings (SSSR count). The Morgan fingerprint density at radius 3 is 2.82 bits per heavy atom. The predicted molar refractivity (Wildman–Crippen MR) is 188 cm³/mol. The highest BCUT2D eigenvalue weighted by Crippen LogP contribution is 2.51. The van der Waals surface area contributed by atoms with Crippen molar-refractivity contribution in [2.24, 2.45) is 4.99 Å². The lowest BCUT2D eigenvalue weighted by Gasteiger charge is -2.32. The van der Waals surface area contributed by atoms with Gasteiger partial charge in [-0.15, -0.1) is 11.3 Å². The fourth-order valence-electron chi connectivity index (χ4n) is 8.42. The molecule has 3 aromatic rings. The van der Waals surface area contributed by atoms with E-state index in [9.17, 15) is 18.1 Å². The van der Waals surface area contributed by atoms with Crippen LogP contribution in [0, 0.1) is 23.0 Å². The van der Waals surface area contributed by atoms with Gasteiger partial charge in [0.25, 0.3) is 0 Å². The molecule has 1 aliphatic carbocycles. The summed E-state index contributed by atoms with van der Waals surface area (Å²) in [7, 11) is -3.46. The first-order valence-corrected chi connectivity index (χ1v) is 19.6. The number of alkyl halides is 1. The molecule has 0 spiro atoms. The number of ether oxygens (including phenoxy) is 2. The van der Waals surface area contributed by atoms with Gasteiger partial charge in [-0.3, -0.25) is 4.90 Å². The minimum absolute atomic E-state index is 0.00446. The van der Waals surface area contributed by atoms with Crippen molar-refractivity contribution in [3.8, 4) is 22.9 Å². The van der Waals surface area contributed by atoms with Gasteiger partial charge in [0, 0.05) is 37.0 Å². The number of aliphatic imine (C=N–C) groups is 1. The van der Waals surface area contributed by atoms with Crippen LogP contribution < -0.4 is 15.8 Å². The van der Waals surface area contributed by atoms with Crippen molar-refractivity contribution in [2.75, 3.05) is 50.5 Å². The zero-order valence-corrected chi connectivity index (χ0v) is 29.6. The number of halogens is 4. The van der Waals surface area contributed by atoms with Crippen LogP contribution in [-0.4, -0.2) is 90.8 Å². The highest BCUT2D eigenvalue weighted by Gasteiger charge is 2.50. The van der Waals surface area contributed by atoms with Crippen LogP contribution in [0.5, 0.6) is 5.75 Å². The van der Waals surface area contributed by atoms with Crippen LogP contribution in [0.2, 0.25) is 5.02 Å². The van der Waals surface area contributed by atoms with Crippen molar-refractivity contribution in [1.82, 2.24) is 14.1 Å². The molecule has 1 saturated carbocycles. The van der Waals surface area contributed by atoms with E-state index in [1.807, 2.05) is 6.07 Å². The van der Waals surface area contributed by atoms with Crippen molar-refractivity contribution < 1.29 is 31.1 Å². The number of nitrogens with two attached hydrogens (primary N) is 1.